The summed E-state index contributed by atoms with van der Waals surface area (Å²) in [6, 6.07) is 8.02. The Morgan fingerprint density at radius 2 is 1.89 bits per heavy atom. The molecule has 0 radical (unpaired) electrons. The first-order valence-electron chi connectivity index (χ1n) is 5.50. The second kappa shape index (κ2) is 4.78. The quantitative estimate of drug-likeness (QED) is 0.922. The van der Waals surface area contributed by atoms with Crippen LogP contribution in [0.3, 0.4) is 0 Å². The van der Waals surface area contributed by atoms with Gasteiger partial charge in [0.05, 0.1) is 0 Å². The molecule has 0 amide bonds. The van der Waals surface area contributed by atoms with Gasteiger partial charge in [0.15, 0.2) is 10.8 Å². The van der Waals surface area contributed by atoms with Crippen LogP contribution in [0.5, 0.6) is 0 Å². The van der Waals surface area contributed by atoms with Crippen molar-refractivity contribution in [2.45, 2.75) is 13.8 Å². The second-order valence-electron chi connectivity index (χ2n) is 4.10. The van der Waals surface area contributed by atoms with Crippen LogP contribution in [0.1, 0.15) is 20.9 Å². The maximum atomic E-state index is 11.0. The minimum Gasteiger partial charge on any atom is -0.476 e. The number of hydrogen-bond donors (Lipinski definition) is 1. The number of nitrogens with zero attached hydrogens (tertiary/aromatic N) is 2. The minimum absolute atomic E-state index is 0.133. The molecule has 0 saturated carbocycles. The first-order chi connectivity index (χ1) is 8.49. The molecule has 4 nitrogen and oxygen atoms in total. The number of rotatable bonds is 3. The lowest BCUT2D eigenvalue weighted by Crippen LogP contribution is -2.09. The van der Waals surface area contributed by atoms with Crippen LogP contribution in [0.25, 0.3) is 0 Å². The van der Waals surface area contributed by atoms with Crippen LogP contribution in [0.15, 0.2) is 24.3 Å². The average molecular weight is 262 g/mol. The minimum atomic E-state index is -0.979. The van der Waals surface area contributed by atoms with E-state index in [1.54, 1.807) is 6.92 Å². The van der Waals surface area contributed by atoms with Crippen molar-refractivity contribution in [3.05, 3.63) is 40.4 Å². The van der Waals surface area contributed by atoms with E-state index in [1.807, 2.05) is 43.1 Å². The summed E-state index contributed by atoms with van der Waals surface area (Å²) < 4.78 is 0. The van der Waals surface area contributed by atoms with Crippen LogP contribution >= 0.6 is 11.3 Å². The van der Waals surface area contributed by atoms with Gasteiger partial charge in [-0.3, -0.25) is 0 Å². The summed E-state index contributed by atoms with van der Waals surface area (Å²) in [5.41, 5.74) is 2.31. The SMILES string of the molecule is Cc1ccc(N(C)c2nc(C(=O)O)c(C)s2)cc1. The van der Waals surface area contributed by atoms with Crippen LogP contribution < -0.4 is 4.90 Å². The summed E-state index contributed by atoms with van der Waals surface area (Å²) in [6.07, 6.45) is 0. The molecule has 0 aliphatic carbocycles. The molecule has 0 atom stereocenters. The molecule has 0 fully saturated rings. The Kier molecular flexibility index (Phi) is 3.34. The Labute approximate surface area is 110 Å². The van der Waals surface area contributed by atoms with Gasteiger partial charge >= 0.3 is 5.97 Å². The van der Waals surface area contributed by atoms with E-state index in [9.17, 15) is 4.79 Å². The number of benzene rings is 1. The van der Waals surface area contributed by atoms with Gasteiger partial charge in [-0.05, 0) is 26.0 Å². The van der Waals surface area contributed by atoms with E-state index in [0.717, 1.165) is 10.6 Å². The highest BCUT2D eigenvalue weighted by molar-refractivity contribution is 7.15. The molecule has 1 N–H and O–H groups in total. The number of aromatic carboxylic acids is 1. The Hall–Kier alpha value is -1.88. The van der Waals surface area contributed by atoms with Crippen molar-refractivity contribution in [2.24, 2.45) is 0 Å². The summed E-state index contributed by atoms with van der Waals surface area (Å²) in [5, 5.41) is 9.68. The Morgan fingerprint density at radius 3 is 2.39 bits per heavy atom. The van der Waals surface area contributed by atoms with Crippen molar-refractivity contribution in [1.29, 1.82) is 0 Å². The molecule has 2 rings (SSSR count). The van der Waals surface area contributed by atoms with E-state index in [2.05, 4.69) is 4.98 Å². The number of aryl methyl sites for hydroxylation is 2. The van der Waals surface area contributed by atoms with Crippen molar-refractivity contribution >= 4 is 28.1 Å². The van der Waals surface area contributed by atoms with Crippen LogP contribution in [0, 0.1) is 13.8 Å². The molecule has 1 aromatic heterocycles. The molecule has 0 spiro atoms. The maximum Gasteiger partial charge on any atom is 0.355 e. The standard InChI is InChI=1S/C13H14N2O2S/c1-8-4-6-10(7-5-8)15(3)13-14-11(12(16)17)9(2)18-13/h4-7H,1-3H3,(H,16,17). The number of aromatic nitrogens is 1. The fraction of sp³-hybridized carbons (Fsp3) is 0.231. The molecular weight excluding hydrogens is 248 g/mol. The van der Waals surface area contributed by atoms with Gasteiger partial charge in [-0.2, -0.15) is 0 Å². The summed E-state index contributed by atoms with van der Waals surface area (Å²) >= 11 is 1.38. The van der Waals surface area contributed by atoms with E-state index in [-0.39, 0.29) is 5.69 Å². The third-order valence-electron chi connectivity index (χ3n) is 2.70. The summed E-state index contributed by atoms with van der Waals surface area (Å²) in [5.74, 6) is -0.979. The molecular formula is C13H14N2O2S. The molecule has 1 aromatic carbocycles. The number of hydrogen-bond acceptors (Lipinski definition) is 4. The lowest BCUT2D eigenvalue weighted by molar-refractivity contribution is 0.0690. The molecule has 5 heteroatoms. The van der Waals surface area contributed by atoms with Crippen molar-refractivity contribution < 1.29 is 9.90 Å². The molecule has 0 bridgehead atoms. The van der Waals surface area contributed by atoms with Crippen molar-refractivity contribution in [3.63, 3.8) is 0 Å². The average Bonchev–Trinajstić information content (AvgIpc) is 2.71. The van der Waals surface area contributed by atoms with Crippen molar-refractivity contribution in [3.8, 4) is 0 Å². The van der Waals surface area contributed by atoms with E-state index < -0.39 is 5.97 Å². The highest BCUT2D eigenvalue weighted by atomic mass is 32.1. The molecule has 94 valence electrons. The summed E-state index contributed by atoms with van der Waals surface area (Å²) in [7, 11) is 1.88. The van der Waals surface area contributed by atoms with Gasteiger partial charge in [0.2, 0.25) is 0 Å². The summed E-state index contributed by atoms with van der Waals surface area (Å²) in [4.78, 5) is 17.7. The van der Waals surface area contributed by atoms with E-state index >= 15 is 0 Å². The fourth-order valence-electron chi connectivity index (χ4n) is 1.60. The van der Waals surface area contributed by atoms with E-state index in [0.29, 0.717) is 5.13 Å². The molecule has 2 aromatic rings. The molecule has 18 heavy (non-hydrogen) atoms. The van der Waals surface area contributed by atoms with E-state index in [1.165, 1.54) is 16.9 Å². The topological polar surface area (TPSA) is 53.4 Å². The molecule has 0 unspecified atom stereocenters. The van der Waals surface area contributed by atoms with Crippen LogP contribution in [-0.4, -0.2) is 23.1 Å². The highest BCUT2D eigenvalue weighted by Gasteiger charge is 2.16. The number of carboxylic acids is 1. The fourth-order valence-corrected chi connectivity index (χ4v) is 2.49. The van der Waals surface area contributed by atoms with Gasteiger partial charge in [-0.25, -0.2) is 9.78 Å². The highest BCUT2D eigenvalue weighted by Crippen LogP contribution is 2.30. The third kappa shape index (κ3) is 2.36. The normalized spacial score (nSPS) is 10.4. The Bertz CT molecular complexity index is 575. The first kappa shape index (κ1) is 12.6. The van der Waals surface area contributed by atoms with Crippen LogP contribution in [0.4, 0.5) is 10.8 Å². The monoisotopic (exact) mass is 262 g/mol. The van der Waals surface area contributed by atoms with Crippen LogP contribution in [0.2, 0.25) is 0 Å². The largest absolute Gasteiger partial charge is 0.476 e. The van der Waals surface area contributed by atoms with Gasteiger partial charge in [0.1, 0.15) is 0 Å². The molecule has 1 heterocycles. The van der Waals surface area contributed by atoms with Gasteiger partial charge < -0.3 is 10.0 Å². The number of anilines is 2. The number of carboxylic acid groups (broad SMARTS) is 1. The van der Waals surface area contributed by atoms with E-state index in [4.69, 9.17) is 5.11 Å². The second-order valence-corrected chi connectivity index (χ2v) is 5.28. The molecule has 0 aliphatic heterocycles. The lowest BCUT2D eigenvalue weighted by Gasteiger charge is -2.15. The summed E-state index contributed by atoms with van der Waals surface area (Å²) in [6.45, 7) is 3.80. The van der Waals surface area contributed by atoms with Gasteiger partial charge in [-0.15, -0.1) is 11.3 Å². The van der Waals surface area contributed by atoms with Crippen molar-refractivity contribution in [1.82, 2.24) is 4.98 Å². The number of carbonyl (C=O) groups is 1. The lowest BCUT2D eigenvalue weighted by atomic mass is 10.2. The predicted octanol–water partition coefficient (Wildman–Crippen LogP) is 3.23. The third-order valence-corrected chi connectivity index (χ3v) is 3.74. The van der Waals surface area contributed by atoms with Gasteiger partial charge in [-0.1, -0.05) is 17.7 Å². The number of thiazole rings is 1. The predicted molar refractivity (Wildman–Crippen MR) is 73.1 cm³/mol. The Balaban J connectivity index is 2.34. The van der Waals surface area contributed by atoms with Crippen molar-refractivity contribution in [2.75, 3.05) is 11.9 Å². The van der Waals surface area contributed by atoms with Gasteiger partial charge in [0.25, 0.3) is 0 Å². The zero-order valence-corrected chi connectivity index (χ0v) is 11.3. The van der Waals surface area contributed by atoms with Gasteiger partial charge in [0, 0.05) is 17.6 Å². The zero-order chi connectivity index (χ0) is 13.3. The first-order valence-corrected chi connectivity index (χ1v) is 6.32. The zero-order valence-electron chi connectivity index (χ0n) is 10.5. The smallest absolute Gasteiger partial charge is 0.355 e. The molecule has 0 saturated heterocycles. The van der Waals surface area contributed by atoms with Crippen LogP contribution in [-0.2, 0) is 0 Å². The Morgan fingerprint density at radius 1 is 1.28 bits per heavy atom. The maximum absolute atomic E-state index is 11.0. The molecule has 0 aliphatic rings.